The van der Waals surface area contributed by atoms with Crippen LogP contribution in [0.5, 0.6) is 0 Å². The van der Waals surface area contributed by atoms with Gasteiger partial charge in [0.25, 0.3) is 0 Å². The van der Waals surface area contributed by atoms with E-state index in [-0.39, 0.29) is 0 Å². The number of rotatable bonds is 5. The molecule has 0 unspecified atom stereocenters. The van der Waals surface area contributed by atoms with Crippen molar-refractivity contribution >= 4 is 0 Å². The van der Waals surface area contributed by atoms with Gasteiger partial charge in [0.1, 0.15) is 0 Å². The Balaban J connectivity index is 1.60. The molecule has 1 saturated heterocycles. The molecule has 2 rings (SSSR count). The van der Waals surface area contributed by atoms with Gasteiger partial charge in [-0.05, 0) is 68.6 Å². The van der Waals surface area contributed by atoms with Gasteiger partial charge in [0, 0.05) is 0 Å². The third-order valence-electron chi connectivity index (χ3n) is 4.84. The zero-order chi connectivity index (χ0) is 14.4. The van der Waals surface area contributed by atoms with Crippen molar-refractivity contribution in [2.75, 3.05) is 19.6 Å². The van der Waals surface area contributed by atoms with E-state index in [1.807, 2.05) is 0 Å². The van der Waals surface area contributed by atoms with Crippen molar-refractivity contribution < 1.29 is 0 Å². The molecule has 0 spiro atoms. The van der Waals surface area contributed by atoms with Gasteiger partial charge in [-0.15, -0.1) is 0 Å². The first kappa shape index (κ1) is 15.6. The third kappa shape index (κ3) is 4.94. The molecular weight excluding hydrogens is 242 g/mol. The van der Waals surface area contributed by atoms with Gasteiger partial charge in [0.15, 0.2) is 0 Å². The first-order valence-electron chi connectivity index (χ1n) is 8.32. The van der Waals surface area contributed by atoms with Gasteiger partial charge >= 0.3 is 0 Å². The van der Waals surface area contributed by atoms with Gasteiger partial charge in [-0.25, -0.2) is 0 Å². The van der Waals surface area contributed by atoms with Crippen molar-refractivity contribution in [2.45, 2.75) is 52.9 Å². The van der Waals surface area contributed by atoms with Crippen molar-refractivity contribution in [1.82, 2.24) is 4.90 Å². The summed E-state index contributed by atoms with van der Waals surface area (Å²) in [7, 11) is 0. The summed E-state index contributed by atoms with van der Waals surface area (Å²) in [6.07, 6.45) is 6.68. The topological polar surface area (TPSA) is 3.24 Å². The molecule has 0 aromatic heterocycles. The van der Waals surface area contributed by atoms with E-state index in [0.29, 0.717) is 5.41 Å². The molecule has 1 nitrogen and oxygen atoms in total. The van der Waals surface area contributed by atoms with Crippen molar-refractivity contribution in [2.24, 2.45) is 11.3 Å². The molecule has 0 bridgehead atoms. The number of benzene rings is 1. The van der Waals surface area contributed by atoms with Crippen LogP contribution < -0.4 is 0 Å². The molecule has 0 aliphatic carbocycles. The summed E-state index contributed by atoms with van der Waals surface area (Å²) in [6.45, 7) is 11.1. The minimum atomic E-state index is 0.499. The molecule has 1 heterocycles. The highest BCUT2D eigenvalue weighted by Gasteiger charge is 2.28. The summed E-state index contributed by atoms with van der Waals surface area (Å²) in [6, 6.07) is 10.9. The van der Waals surface area contributed by atoms with Crippen LogP contribution in [0.15, 0.2) is 30.3 Å². The fraction of sp³-hybridized carbons (Fsp3) is 0.684. The second-order valence-corrected chi connectivity index (χ2v) is 7.42. The van der Waals surface area contributed by atoms with E-state index in [4.69, 9.17) is 0 Å². The highest BCUT2D eigenvalue weighted by Crippen LogP contribution is 2.34. The van der Waals surface area contributed by atoms with Crippen LogP contribution in [0.2, 0.25) is 0 Å². The normalized spacial score (nSPS) is 18.4. The lowest BCUT2D eigenvalue weighted by molar-refractivity contribution is 0.111. The van der Waals surface area contributed by atoms with E-state index in [2.05, 4.69) is 56.0 Å². The van der Waals surface area contributed by atoms with E-state index in [1.54, 1.807) is 0 Å². The van der Waals surface area contributed by atoms with Crippen molar-refractivity contribution in [3.63, 3.8) is 0 Å². The first-order chi connectivity index (χ1) is 9.55. The van der Waals surface area contributed by atoms with E-state index in [9.17, 15) is 0 Å². The van der Waals surface area contributed by atoms with Crippen LogP contribution in [-0.4, -0.2) is 24.5 Å². The summed E-state index contributed by atoms with van der Waals surface area (Å²) in [4.78, 5) is 2.67. The molecule has 0 atom stereocenters. The number of hydrogen-bond acceptors (Lipinski definition) is 1. The number of likely N-dealkylation sites (tertiary alicyclic amines) is 1. The Morgan fingerprint density at radius 3 is 2.25 bits per heavy atom. The first-order valence-corrected chi connectivity index (χ1v) is 8.32. The number of hydrogen-bond donors (Lipinski definition) is 0. The Labute approximate surface area is 125 Å². The molecule has 112 valence electrons. The molecule has 0 amide bonds. The van der Waals surface area contributed by atoms with E-state index < -0.39 is 0 Å². The number of piperidine rings is 1. The third-order valence-corrected chi connectivity index (χ3v) is 4.84. The fourth-order valence-corrected chi connectivity index (χ4v) is 3.33. The smallest absolute Gasteiger partial charge is 0.00159 e. The van der Waals surface area contributed by atoms with Crippen LogP contribution in [0, 0.1) is 11.3 Å². The van der Waals surface area contributed by atoms with Crippen LogP contribution in [0.25, 0.3) is 0 Å². The van der Waals surface area contributed by atoms with Gasteiger partial charge in [-0.1, -0.05) is 51.1 Å². The van der Waals surface area contributed by atoms with Gasteiger partial charge < -0.3 is 4.90 Å². The largest absolute Gasteiger partial charge is 0.303 e. The number of aryl methyl sites for hydroxylation is 1. The van der Waals surface area contributed by atoms with Crippen molar-refractivity contribution in [3.8, 4) is 0 Å². The summed E-state index contributed by atoms with van der Waals surface area (Å²) in [5.74, 6) is 0.920. The Hall–Kier alpha value is -0.820. The maximum atomic E-state index is 2.67. The molecule has 0 saturated carbocycles. The average Bonchev–Trinajstić information content (AvgIpc) is 2.44. The molecule has 1 aliphatic heterocycles. The zero-order valence-electron chi connectivity index (χ0n) is 13.6. The summed E-state index contributed by atoms with van der Waals surface area (Å²) in [5, 5.41) is 0. The summed E-state index contributed by atoms with van der Waals surface area (Å²) >= 11 is 0. The zero-order valence-corrected chi connectivity index (χ0v) is 13.6. The van der Waals surface area contributed by atoms with Gasteiger partial charge in [-0.3, -0.25) is 0 Å². The van der Waals surface area contributed by atoms with Crippen molar-refractivity contribution in [3.05, 3.63) is 35.9 Å². The molecule has 1 aromatic carbocycles. The van der Waals surface area contributed by atoms with Gasteiger partial charge in [0.05, 0.1) is 0 Å². The SMILES string of the molecule is CC(C)(C)C1CCN(CCCCc2ccccc2)CC1. The van der Waals surface area contributed by atoms with Crippen LogP contribution in [0.4, 0.5) is 0 Å². The maximum Gasteiger partial charge on any atom is -0.00159 e. The molecule has 0 radical (unpaired) electrons. The quantitative estimate of drug-likeness (QED) is 0.699. The minimum absolute atomic E-state index is 0.499. The van der Waals surface area contributed by atoms with Crippen LogP contribution in [-0.2, 0) is 6.42 Å². The summed E-state index contributed by atoms with van der Waals surface area (Å²) < 4.78 is 0. The van der Waals surface area contributed by atoms with Gasteiger partial charge in [-0.2, -0.15) is 0 Å². The monoisotopic (exact) mass is 273 g/mol. The van der Waals surface area contributed by atoms with Crippen LogP contribution in [0.3, 0.4) is 0 Å². The van der Waals surface area contributed by atoms with E-state index in [1.165, 1.54) is 57.3 Å². The van der Waals surface area contributed by atoms with Crippen LogP contribution in [0.1, 0.15) is 52.0 Å². The van der Waals surface area contributed by atoms with Crippen LogP contribution >= 0.6 is 0 Å². The highest BCUT2D eigenvalue weighted by atomic mass is 15.1. The molecule has 20 heavy (non-hydrogen) atoms. The molecule has 1 aliphatic rings. The Kier molecular flexibility index (Phi) is 5.65. The standard InChI is InChI=1S/C19H31N/c1-19(2,3)18-12-15-20(16-13-18)14-8-7-11-17-9-5-4-6-10-17/h4-6,9-10,18H,7-8,11-16H2,1-3H3. The fourth-order valence-electron chi connectivity index (χ4n) is 3.33. The van der Waals surface area contributed by atoms with E-state index >= 15 is 0 Å². The molecule has 1 aromatic rings. The molecule has 1 heteroatoms. The Morgan fingerprint density at radius 1 is 1.00 bits per heavy atom. The molecule has 0 N–H and O–H groups in total. The lowest BCUT2D eigenvalue weighted by atomic mass is 9.75. The minimum Gasteiger partial charge on any atom is -0.303 e. The number of unbranched alkanes of at least 4 members (excludes halogenated alkanes) is 1. The molecule has 1 fully saturated rings. The number of nitrogens with zero attached hydrogens (tertiary/aromatic N) is 1. The van der Waals surface area contributed by atoms with Gasteiger partial charge in [0.2, 0.25) is 0 Å². The second-order valence-electron chi connectivity index (χ2n) is 7.42. The predicted molar refractivity (Wildman–Crippen MR) is 88.0 cm³/mol. The van der Waals surface area contributed by atoms with E-state index in [0.717, 1.165) is 5.92 Å². The lowest BCUT2D eigenvalue weighted by Gasteiger charge is -2.38. The molecular formula is C19H31N. The predicted octanol–water partition coefficient (Wildman–Crippen LogP) is 4.77. The van der Waals surface area contributed by atoms with Crippen molar-refractivity contribution in [1.29, 1.82) is 0 Å². The maximum absolute atomic E-state index is 2.67. The second kappa shape index (κ2) is 7.26. The summed E-state index contributed by atoms with van der Waals surface area (Å²) in [5.41, 5.74) is 1.98. The lowest BCUT2D eigenvalue weighted by Crippen LogP contribution is -2.38. The highest BCUT2D eigenvalue weighted by molar-refractivity contribution is 5.14. The Morgan fingerprint density at radius 2 is 1.65 bits per heavy atom. The Bertz CT molecular complexity index is 369. The average molecular weight is 273 g/mol.